The van der Waals surface area contributed by atoms with Gasteiger partial charge in [-0.3, -0.25) is 14.3 Å². The van der Waals surface area contributed by atoms with Crippen LogP contribution in [0.4, 0.5) is 17.5 Å². The minimum Gasteiger partial charge on any atom is -0.368 e. The van der Waals surface area contributed by atoms with Gasteiger partial charge in [-0.15, -0.1) is 0 Å². The molecule has 3 N–H and O–H groups in total. The topological polar surface area (TPSA) is 141 Å². The third kappa shape index (κ3) is 6.66. The van der Waals surface area contributed by atoms with E-state index in [9.17, 15) is 9.59 Å². The van der Waals surface area contributed by atoms with Crippen molar-refractivity contribution in [2.24, 2.45) is 0 Å². The molecule has 0 unspecified atom stereocenters. The molecule has 0 aromatic carbocycles. The lowest BCUT2D eigenvalue weighted by atomic mass is 10.2. The van der Waals surface area contributed by atoms with E-state index in [2.05, 4.69) is 31.0 Å². The summed E-state index contributed by atoms with van der Waals surface area (Å²) in [6, 6.07) is 3.95. The second kappa shape index (κ2) is 11.1. The predicted octanol–water partition coefficient (Wildman–Crippen LogP) is 1.65. The van der Waals surface area contributed by atoms with Crippen LogP contribution in [0.25, 0.3) is 0 Å². The van der Waals surface area contributed by atoms with Crippen LogP contribution >= 0.6 is 0 Å². The van der Waals surface area contributed by atoms with Gasteiger partial charge in [0.1, 0.15) is 12.4 Å². The summed E-state index contributed by atoms with van der Waals surface area (Å²) in [5.41, 5.74) is 0.671. The van der Waals surface area contributed by atoms with Gasteiger partial charge in [0.15, 0.2) is 0 Å². The number of nitrogens with zero attached hydrogens (tertiary/aromatic N) is 6. The third-order valence-corrected chi connectivity index (χ3v) is 4.97. The number of hydrogen-bond donors (Lipinski definition) is 3. The number of nitriles is 1. The maximum absolute atomic E-state index is 12.3. The molecule has 0 saturated carbocycles. The lowest BCUT2D eigenvalue weighted by Crippen LogP contribution is -2.39. The Morgan fingerprint density at radius 2 is 2.22 bits per heavy atom. The molecule has 2 amide bonds. The van der Waals surface area contributed by atoms with Crippen molar-refractivity contribution < 1.29 is 9.59 Å². The Balaban J connectivity index is 1.53. The number of aromatic nitrogens is 4. The number of hydrogen-bond acceptors (Lipinski definition) is 8. The molecular weight excluding hydrogens is 410 g/mol. The highest BCUT2D eigenvalue weighted by atomic mass is 16.2. The van der Waals surface area contributed by atoms with Crippen molar-refractivity contribution >= 4 is 29.3 Å². The molecule has 3 rings (SSSR count). The van der Waals surface area contributed by atoms with Gasteiger partial charge in [-0.2, -0.15) is 15.3 Å². The van der Waals surface area contributed by atoms with Crippen LogP contribution < -0.4 is 16.0 Å². The molecule has 11 nitrogen and oxygen atoms in total. The summed E-state index contributed by atoms with van der Waals surface area (Å²) in [5.74, 6) is 0.959. The lowest BCUT2D eigenvalue weighted by Gasteiger charge is -2.25. The largest absolute Gasteiger partial charge is 0.368 e. The second-order valence-electron chi connectivity index (χ2n) is 7.96. The fraction of sp³-hybridized carbons (Fsp3) is 0.524. The van der Waals surface area contributed by atoms with E-state index in [1.807, 2.05) is 24.8 Å². The predicted molar refractivity (Wildman–Crippen MR) is 119 cm³/mol. The zero-order chi connectivity index (χ0) is 22.9. The van der Waals surface area contributed by atoms with E-state index in [4.69, 9.17) is 5.26 Å². The minimum absolute atomic E-state index is 0.0278. The Morgan fingerprint density at radius 3 is 3.00 bits per heavy atom. The van der Waals surface area contributed by atoms with Crippen LogP contribution in [-0.4, -0.2) is 61.6 Å². The molecule has 1 aliphatic rings. The highest BCUT2D eigenvalue weighted by Crippen LogP contribution is 2.20. The van der Waals surface area contributed by atoms with Crippen LogP contribution in [0.15, 0.2) is 24.7 Å². The molecule has 0 radical (unpaired) electrons. The van der Waals surface area contributed by atoms with Gasteiger partial charge in [0.25, 0.3) is 0 Å². The average Bonchev–Trinajstić information content (AvgIpc) is 3.39. The van der Waals surface area contributed by atoms with E-state index in [1.165, 1.54) is 0 Å². The van der Waals surface area contributed by atoms with Crippen LogP contribution in [0.5, 0.6) is 0 Å². The third-order valence-electron chi connectivity index (χ3n) is 4.97. The monoisotopic (exact) mass is 439 g/mol. The summed E-state index contributed by atoms with van der Waals surface area (Å²) in [7, 11) is 0. The molecule has 32 heavy (non-hydrogen) atoms. The van der Waals surface area contributed by atoms with Gasteiger partial charge < -0.3 is 20.9 Å². The zero-order valence-electron chi connectivity index (χ0n) is 18.4. The molecule has 2 aromatic heterocycles. The van der Waals surface area contributed by atoms with Crippen LogP contribution in [0.2, 0.25) is 0 Å². The standard InChI is InChI=1S/C21H29N9O2/c1-15(2)26-19(31)14-29-13-16(11-25-29)27-21-23-9-7-18(28-21)24-12-17-5-4-10-30(17)20(32)6-3-8-22/h7,9,11,13,15,17H,3-6,10,12,14H2,1-2H3,(H,26,31)(H2,23,24,27,28)/t17-/m1/s1. The summed E-state index contributed by atoms with van der Waals surface area (Å²) in [6.07, 6.45) is 7.35. The Morgan fingerprint density at radius 1 is 1.38 bits per heavy atom. The summed E-state index contributed by atoms with van der Waals surface area (Å²) in [6.45, 7) is 5.25. The van der Waals surface area contributed by atoms with Crippen molar-refractivity contribution in [3.8, 4) is 6.07 Å². The van der Waals surface area contributed by atoms with Gasteiger partial charge in [-0.25, -0.2) is 4.98 Å². The van der Waals surface area contributed by atoms with Gasteiger partial charge >= 0.3 is 0 Å². The van der Waals surface area contributed by atoms with Crippen molar-refractivity contribution in [3.63, 3.8) is 0 Å². The SMILES string of the molecule is CC(C)NC(=O)Cn1cc(Nc2nccc(NC[C@H]3CCCN3C(=O)CCC#N)n2)cn1. The van der Waals surface area contributed by atoms with Crippen molar-refractivity contribution in [1.29, 1.82) is 5.26 Å². The molecule has 2 aromatic rings. The molecular formula is C21H29N9O2. The first-order valence-electron chi connectivity index (χ1n) is 10.8. The number of nitrogens with one attached hydrogen (secondary N) is 3. The van der Waals surface area contributed by atoms with Crippen LogP contribution in [0.3, 0.4) is 0 Å². The smallest absolute Gasteiger partial charge is 0.241 e. The summed E-state index contributed by atoms with van der Waals surface area (Å²) >= 11 is 0. The zero-order valence-corrected chi connectivity index (χ0v) is 18.4. The first kappa shape index (κ1) is 23.0. The van der Waals surface area contributed by atoms with Gasteiger partial charge in [0.2, 0.25) is 17.8 Å². The first-order valence-corrected chi connectivity index (χ1v) is 10.8. The Labute approximate surface area is 187 Å². The van der Waals surface area contributed by atoms with Crippen molar-refractivity contribution in [1.82, 2.24) is 30.0 Å². The number of carbonyl (C=O) groups excluding carboxylic acids is 2. The van der Waals surface area contributed by atoms with E-state index in [-0.39, 0.29) is 43.3 Å². The molecule has 170 valence electrons. The average molecular weight is 440 g/mol. The minimum atomic E-state index is -0.107. The number of likely N-dealkylation sites (tertiary alicyclic amines) is 1. The normalized spacial score (nSPS) is 15.4. The van der Waals surface area contributed by atoms with E-state index >= 15 is 0 Å². The molecule has 1 fully saturated rings. The molecule has 0 bridgehead atoms. The molecule has 0 spiro atoms. The van der Waals surface area contributed by atoms with E-state index in [0.717, 1.165) is 19.4 Å². The highest BCUT2D eigenvalue weighted by Gasteiger charge is 2.28. The van der Waals surface area contributed by atoms with E-state index in [0.29, 0.717) is 24.0 Å². The van der Waals surface area contributed by atoms with Gasteiger partial charge in [0.05, 0.1) is 18.0 Å². The molecule has 1 atom stereocenters. The maximum Gasteiger partial charge on any atom is 0.241 e. The molecule has 3 heterocycles. The van der Waals surface area contributed by atoms with Gasteiger partial charge in [0, 0.05) is 50.4 Å². The molecule has 0 aliphatic carbocycles. The summed E-state index contributed by atoms with van der Waals surface area (Å²) < 4.78 is 1.54. The fourth-order valence-corrected chi connectivity index (χ4v) is 3.58. The van der Waals surface area contributed by atoms with Crippen LogP contribution in [0.1, 0.15) is 39.5 Å². The molecule has 11 heteroatoms. The molecule has 1 saturated heterocycles. The van der Waals surface area contributed by atoms with Crippen LogP contribution in [0, 0.1) is 11.3 Å². The van der Waals surface area contributed by atoms with Crippen molar-refractivity contribution in [2.75, 3.05) is 23.7 Å². The fourth-order valence-electron chi connectivity index (χ4n) is 3.58. The van der Waals surface area contributed by atoms with Gasteiger partial charge in [-0.1, -0.05) is 0 Å². The quantitative estimate of drug-likeness (QED) is 0.507. The molecule has 1 aliphatic heterocycles. The number of rotatable bonds is 10. The first-order chi connectivity index (χ1) is 15.4. The number of anilines is 3. The second-order valence-corrected chi connectivity index (χ2v) is 7.96. The Hall–Kier alpha value is -3.68. The van der Waals surface area contributed by atoms with E-state index in [1.54, 1.807) is 29.3 Å². The van der Waals surface area contributed by atoms with Gasteiger partial charge in [-0.05, 0) is 32.8 Å². The Bertz CT molecular complexity index is 966. The summed E-state index contributed by atoms with van der Waals surface area (Å²) in [4.78, 5) is 34.7. The maximum atomic E-state index is 12.3. The summed E-state index contributed by atoms with van der Waals surface area (Å²) in [5, 5.41) is 22.1. The van der Waals surface area contributed by atoms with Crippen molar-refractivity contribution in [3.05, 3.63) is 24.7 Å². The van der Waals surface area contributed by atoms with Crippen LogP contribution in [-0.2, 0) is 16.1 Å². The lowest BCUT2D eigenvalue weighted by molar-refractivity contribution is -0.131. The van der Waals surface area contributed by atoms with E-state index < -0.39 is 0 Å². The highest BCUT2D eigenvalue weighted by molar-refractivity contribution is 5.77. The number of amides is 2. The number of carbonyl (C=O) groups is 2. The van der Waals surface area contributed by atoms with Crippen molar-refractivity contribution in [2.45, 2.75) is 58.2 Å². The Kier molecular flexibility index (Phi) is 7.96.